The van der Waals surface area contributed by atoms with Crippen LogP contribution in [-0.2, 0) is 0 Å². The first kappa shape index (κ1) is 14.4. The Hall–Kier alpha value is -1.49. The molecular weight excluding hydrogens is 262 g/mol. The summed E-state index contributed by atoms with van der Waals surface area (Å²) in [6, 6.07) is 0. The van der Waals surface area contributed by atoms with Gasteiger partial charge in [-0.1, -0.05) is 13.8 Å². The van der Waals surface area contributed by atoms with Crippen LogP contribution in [0.5, 0.6) is 0 Å². The monoisotopic (exact) mass is 289 g/mol. The number of rotatable bonds is 1. The maximum atomic E-state index is 4.42. The van der Waals surface area contributed by atoms with E-state index in [1.54, 1.807) is 0 Å². The third kappa shape index (κ3) is 2.55. The Morgan fingerprint density at radius 3 is 2.86 bits per heavy atom. The van der Waals surface area contributed by atoms with Crippen LogP contribution in [0.15, 0.2) is 28.7 Å². The fraction of sp³-hybridized carbons (Fsp3) is 0.688. The molecule has 0 aromatic carbocycles. The number of hydrogen-bond acceptors (Lipinski definition) is 5. The van der Waals surface area contributed by atoms with E-state index in [2.05, 4.69) is 38.5 Å². The largest absolute Gasteiger partial charge is 0.366 e. The fourth-order valence-electron chi connectivity index (χ4n) is 3.44. The van der Waals surface area contributed by atoms with Crippen molar-refractivity contribution < 1.29 is 0 Å². The van der Waals surface area contributed by atoms with Crippen LogP contribution in [0.3, 0.4) is 0 Å². The normalized spacial score (nSPS) is 29.3. The Morgan fingerprint density at radius 2 is 2.10 bits per heavy atom. The highest BCUT2D eigenvalue weighted by Gasteiger charge is 2.49. The van der Waals surface area contributed by atoms with Crippen molar-refractivity contribution in [2.24, 2.45) is 4.99 Å². The number of hydrogen-bond donors (Lipinski definition) is 2. The zero-order chi connectivity index (χ0) is 14.9. The van der Waals surface area contributed by atoms with Gasteiger partial charge in [-0.25, -0.2) is 4.99 Å². The van der Waals surface area contributed by atoms with Gasteiger partial charge in [0.1, 0.15) is 12.0 Å². The summed E-state index contributed by atoms with van der Waals surface area (Å²) in [5.41, 5.74) is 1.72. The SMILES string of the molecule is CC.CN1CCCN(C2=C3C=CNC3N=CN2)CC12CC2. The van der Waals surface area contributed by atoms with E-state index in [9.17, 15) is 0 Å². The number of fused-ring (bicyclic) bond motifs is 1. The van der Waals surface area contributed by atoms with Crippen molar-refractivity contribution >= 4 is 6.34 Å². The van der Waals surface area contributed by atoms with E-state index in [4.69, 9.17) is 0 Å². The standard InChI is InChI=1S/C14H21N5.C2H6/c1-18-7-2-8-19(9-14(18)4-5-14)13-11-3-6-15-12(11)16-10-17-13;1-2/h3,6,10,12,15H,2,4-5,7-9H2,1H3,(H,16,17);1-2H3. The van der Waals surface area contributed by atoms with Crippen molar-refractivity contribution in [1.82, 2.24) is 20.4 Å². The average Bonchev–Trinajstić information content (AvgIpc) is 3.19. The smallest absolute Gasteiger partial charge is 0.149 e. The van der Waals surface area contributed by atoms with Gasteiger partial charge in [0.2, 0.25) is 0 Å². The quantitative estimate of drug-likeness (QED) is 0.767. The predicted molar refractivity (Wildman–Crippen MR) is 86.9 cm³/mol. The lowest BCUT2D eigenvalue weighted by atomic mass is 10.1. The molecule has 0 aromatic rings. The van der Waals surface area contributed by atoms with Gasteiger partial charge in [0, 0.05) is 30.7 Å². The van der Waals surface area contributed by atoms with Crippen LogP contribution in [-0.4, -0.2) is 54.5 Å². The van der Waals surface area contributed by atoms with E-state index in [-0.39, 0.29) is 6.17 Å². The first-order valence-corrected chi connectivity index (χ1v) is 8.20. The molecule has 1 unspecified atom stereocenters. The van der Waals surface area contributed by atoms with E-state index in [0.29, 0.717) is 5.54 Å². The molecule has 0 aromatic heterocycles. The highest BCUT2D eigenvalue weighted by Crippen LogP contribution is 2.43. The lowest BCUT2D eigenvalue weighted by Crippen LogP contribution is -2.44. The molecule has 3 heterocycles. The van der Waals surface area contributed by atoms with Gasteiger partial charge in [0.15, 0.2) is 0 Å². The average molecular weight is 289 g/mol. The molecule has 0 radical (unpaired) electrons. The summed E-state index contributed by atoms with van der Waals surface area (Å²) in [5.74, 6) is 1.25. The second kappa shape index (κ2) is 5.72. The van der Waals surface area contributed by atoms with Crippen molar-refractivity contribution in [3.05, 3.63) is 23.7 Å². The lowest BCUT2D eigenvalue weighted by Gasteiger charge is -2.33. The molecule has 1 atom stereocenters. The first-order chi connectivity index (χ1) is 10.3. The van der Waals surface area contributed by atoms with E-state index in [0.717, 1.165) is 13.1 Å². The van der Waals surface area contributed by atoms with Crippen LogP contribution >= 0.6 is 0 Å². The van der Waals surface area contributed by atoms with Gasteiger partial charge in [-0.2, -0.15) is 0 Å². The molecule has 5 heteroatoms. The predicted octanol–water partition coefficient (Wildman–Crippen LogP) is 1.47. The van der Waals surface area contributed by atoms with Gasteiger partial charge in [-0.05, 0) is 38.6 Å². The Balaban J connectivity index is 0.000000636. The summed E-state index contributed by atoms with van der Waals surface area (Å²) in [4.78, 5) is 9.52. The summed E-state index contributed by atoms with van der Waals surface area (Å²) in [6.07, 6.45) is 10.0. The van der Waals surface area contributed by atoms with Gasteiger partial charge in [0.25, 0.3) is 0 Å². The summed E-state index contributed by atoms with van der Waals surface area (Å²) in [7, 11) is 2.28. The maximum absolute atomic E-state index is 4.42. The van der Waals surface area contributed by atoms with E-state index < -0.39 is 0 Å². The van der Waals surface area contributed by atoms with Crippen molar-refractivity contribution in [2.45, 2.75) is 44.8 Å². The highest BCUT2D eigenvalue weighted by molar-refractivity contribution is 5.62. The molecule has 4 rings (SSSR count). The zero-order valence-electron chi connectivity index (χ0n) is 13.4. The molecule has 1 spiro atoms. The molecule has 3 aliphatic heterocycles. The van der Waals surface area contributed by atoms with Crippen LogP contribution < -0.4 is 10.6 Å². The Labute approximate surface area is 127 Å². The third-order valence-corrected chi connectivity index (χ3v) is 4.87. The summed E-state index contributed by atoms with van der Waals surface area (Å²) >= 11 is 0. The molecular formula is C16H27N5. The molecule has 2 N–H and O–H groups in total. The Bertz CT molecular complexity index is 475. The lowest BCUT2D eigenvalue weighted by molar-refractivity contribution is 0.204. The minimum Gasteiger partial charge on any atom is -0.366 e. The van der Waals surface area contributed by atoms with Gasteiger partial charge in [-0.3, -0.25) is 4.90 Å². The Morgan fingerprint density at radius 1 is 1.29 bits per heavy atom. The topological polar surface area (TPSA) is 42.9 Å². The number of nitrogens with one attached hydrogen (secondary N) is 2. The van der Waals surface area contributed by atoms with Gasteiger partial charge in [0.05, 0.1) is 6.34 Å². The van der Waals surface area contributed by atoms with Crippen LogP contribution in [0.2, 0.25) is 0 Å². The number of aliphatic imine (C=N–C) groups is 1. The molecule has 0 amide bonds. The van der Waals surface area contributed by atoms with Crippen LogP contribution in [0.1, 0.15) is 33.1 Å². The molecule has 116 valence electrons. The van der Waals surface area contributed by atoms with Crippen molar-refractivity contribution in [3.63, 3.8) is 0 Å². The molecule has 1 saturated carbocycles. The summed E-state index contributed by atoms with van der Waals surface area (Å²) in [5, 5.41) is 6.65. The molecule has 21 heavy (non-hydrogen) atoms. The molecule has 4 aliphatic rings. The highest BCUT2D eigenvalue weighted by atomic mass is 15.3. The van der Waals surface area contributed by atoms with Gasteiger partial charge < -0.3 is 15.5 Å². The first-order valence-electron chi connectivity index (χ1n) is 8.20. The maximum Gasteiger partial charge on any atom is 0.149 e. The third-order valence-electron chi connectivity index (χ3n) is 4.87. The van der Waals surface area contributed by atoms with E-state index >= 15 is 0 Å². The second-order valence-electron chi connectivity index (χ2n) is 6.05. The minimum absolute atomic E-state index is 0.118. The molecule has 5 nitrogen and oxygen atoms in total. The van der Waals surface area contributed by atoms with Crippen molar-refractivity contribution in [3.8, 4) is 0 Å². The van der Waals surface area contributed by atoms with Crippen LogP contribution in [0.25, 0.3) is 0 Å². The summed E-state index contributed by atoms with van der Waals surface area (Å²) < 4.78 is 0. The van der Waals surface area contributed by atoms with Crippen molar-refractivity contribution in [2.75, 3.05) is 26.7 Å². The second-order valence-corrected chi connectivity index (χ2v) is 6.05. The Kier molecular flexibility index (Phi) is 3.93. The van der Waals surface area contributed by atoms with Crippen LogP contribution in [0.4, 0.5) is 0 Å². The van der Waals surface area contributed by atoms with Gasteiger partial charge >= 0.3 is 0 Å². The minimum atomic E-state index is 0.118. The molecule has 2 fully saturated rings. The van der Waals surface area contributed by atoms with Gasteiger partial charge in [-0.15, -0.1) is 0 Å². The van der Waals surface area contributed by atoms with Crippen molar-refractivity contribution in [1.29, 1.82) is 0 Å². The molecule has 1 saturated heterocycles. The van der Waals surface area contributed by atoms with E-state index in [1.807, 2.05) is 26.4 Å². The fourth-order valence-corrected chi connectivity index (χ4v) is 3.44. The number of nitrogens with zero attached hydrogens (tertiary/aromatic N) is 3. The summed E-state index contributed by atoms with van der Waals surface area (Å²) in [6.45, 7) is 7.49. The number of likely N-dealkylation sites (N-methyl/N-ethyl adjacent to an activating group) is 1. The molecule has 0 bridgehead atoms. The zero-order valence-corrected chi connectivity index (χ0v) is 13.4. The molecule has 1 aliphatic carbocycles. The van der Waals surface area contributed by atoms with E-state index in [1.165, 1.54) is 37.2 Å². The van der Waals surface area contributed by atoms with Crippen LogP contribution in [0, 0.1) is 0 Å².